The summed E-state index contributed by atoms with van der Waals surface area (Å²) < 4.78 is 0. The van der Waals surface area contributed by atoms with Crippen LogP contribution in [-0.2, 0) is 0 Å². The molecule has 0 amide bonds. The second-order valence-electron chi connectivity index (χ2n) is 3.85. The first kappa shape index (κ1) is 12.0. The van der Waals surface area contributed by atoms with Crippen LogP contribution in [0.3, 0.4) is 0 Å². The number of hydrogen-bond acceptors (Lipinski definition) is 5. The van der Waals surface area contributed by atoms with E-state index in [0.29, 0.717) is 0 Å². The molecule has 0 fully saturated rings. The third kappa shape index (κ3) is 2.79. The van der Waals surface area contributed by atoms with Crippen LogP contribution in [0.5, 0.6) is 0 Å². The second kappa shape index (κ2) is 5.22. The molecule has 0 spiro atoms. The average Bonchev–Trinajstić information content (AvgIpc) is 2.40. The molecule has 0 aliphatic carbocycles. The lowest BCUT2D eigenvalue weighted by Gasteiger charge is -2.14. The third-order valence-electron chi connectivity index (χ3n) is 2.52. The highest BCUT2D eigenvalue weighted by Crippen LogP contribution is 2.21. The summed E-state index contributed by atoms with van der Waals surface area (Å²) in [5.41, 5.74) is 1.70. The average molecular weight is 244 g/mol. The van der Waals surface area contributed by atoms with Gasteiger partial charge in [-0.25, -0.2) is 9.97 Å². The molecule has 92 valence electrons. The quantitative estimate of drug-likeness (QED) is 0.660. The molecule has 18 heavy (non-hydrogen) atoms. The smallest absolute Gasteiger partial charge is 0.269 e. The number of nitro benzene ring substituents is 1. The molecule has 1 heterocycles. The third-order valence-corrected chi connectivity index (χ3v) is 2.52. The molecule has 6 nitrogen and oxygen atoms in total. The van der Waals surface area contributed by atoms with Gasteiger partial charge in [-0.15, -0.1) is 0 Å². The van der Waals surface area contributed by atoms with Gasteiger partial charge in [0.05, 0.1) is 23.0 Å². The van der Waals surface area contributed by atoms with Gasteiger partial charge in [-0.05, 0) is 12.5 Å². The van der Waals surface area contributed by atoms with Crippen molar-refractivity contribution < 1.29 is 4.92 Å². The van der Waals surface area contributed by atoms with Gasteiger partial charge in [0, 0.05) is 18.2 Å². The Bertz CT molecular complexity index is 545. The predicted molar refractivity (Wildman–Crippen MR) is 67.2 cm³/mol. The highest BCUT2D eigenvalue weighted by Gasteiger charge is 2.10. The van der Waals surface area contributed by atoms with Gasteiger partial charge in [0.2, 0.25) is 0 Å². The van der Waals surface area contributed by atoms with Crippen LogP contribution in [-0.4, -0.2) is 14.9 Å². The van der Waals surface area contributed by atoms with E-state index in [2.05, 4.69) is 15.3 Å². The first-order valence-electron chi connectivity index (χ1n) is 5.42. The number of anilines is 1. The largest absolute Gasteiger partial charge is 0.376 e. The molecule has 6 heteroatoms. The Labute approximate surface area is 104 Å². The van der Waals surface area contributed by atoms with Gasteiger partial charge in [-0.1, -0.05) is 12.1 Å². The molecule has 0 aliphatic rings. The van der Waals surface area contributed by atoms with Crippen LogP contribution in [0.4, 0.5) is 11.4 Å². The summed E-state index contributed by atoms with van der Waals surface area (Å²) >= 11 is 0. The van der Waals surface area contributed by atoms with E-state index < -0.39 is 4.92 Å². The molecule has 0 saturated carbocycles. The van der Waals surface area contributed by atoms with Crippen LogP contribution in [0.2, 0.25) is 0 Å². The van der Waals surface area contributed by atoms with Crippen molar-refractivity contribution in [3.05, 3.63) is 58.7 Å². The number of nitrogens with zero attached hydrogens (tertiary/aromatic N) is 3. The van der Waals surface area contributed by atoms with Crippen molar-refractivity contribution in [2.24, 2.45) is 0 Å². The minimum absolute atomic E-state index is 0.0594. The highest BCUT2D eigenvalue weighted by atomic mass is 16.6. The maximum atomic E-state index is 10.7. The zero-order valence-corrected chi connectivity index (χ0v) is 9.78. The summed E-state index contributed by atoms with van der Waals surface area (Å²) in [7, 11) is 0. The lowest BCUT2D eigenvalue weighted by molar-refractivity contribution is -0.384. The minimum atomic E-state index is -0.401. The summed E-state index contributed by atoms with van der Waals surface area (Å²) in [5, 5.41) is 13.9. The standard InChI is InChI=1S/C12H12N4O2/c1-9(15-11-6-13-8-14-7-11)10-3-2-4-12(5-10)16(17)18/h2-9,15H,1H3. The van der Waals surface area contributed by atoms with Crippen LogP contribution >= 0.6 is 0 Å². The van der Waals surface area contributed by atoms with Gasteiger partial charge >= 0.3 is 0 Å². The molecule has 1 unspecified atom stereocenters. The van der Waals surface area contributed by atoms with E-state index in [9.17, 15) is 10.1 Å². The molecule has 0 aliphatic heterocycles. The molecule has 0 radical (unpaired) electrons. The van der Waals surface area contributed by atoms with Gasteiger partial charge in [0.25, 0.3) is 5.69 Å². The monoisotopic (exact) mass is 244 g/mol. The summed E-state index contributed by atoms with van der Waals surface area (Å²) in [4.78, 5) is 18.1. The zero-order chi connectivity index (χ0) is 13.0. The van der Waals surface area contributed by atoms with Crippen molar-refractivity contribution in [1.29, 1.82) is 0 Å². The number of nitrogens with one attached hydrogen (secondary N) is 1. The summed E-state index contributed by atoms with van der Waals surface area (Å²) in [6.45, 7) is 1.92. The molecule has 1 aromatic carbocycles. The number of aromatic nitrogens is 2. The Kier molecular flexibility index (Phi) is 3.47. The SMILES string of the molecule is CC(Nc1cncnc1)c1cccc([N+](=O)[O-])c1. The van der Waals surface area contributed by atoms with E-state index in [4.69, 9.17) is 0 Å². The Morgan fingerprint density at radius 2 is 2.06 bits per heavy atom. The number of non-ortho nitro benzene ring substituents is 1. The van der Waals surface area contributed by atoms with E-state index in [1.165, 1.54) is 12.4 Å². The van der Waals surface area contributed by atoms with Gasteiger partial charge in [-0.2, -0.15) is 0 Å². The maximum absolute atomic E-state index is 10.7. The van der Waals surface area contributed by atoms with Crippen LogP contribution in [0.15, 0.2) is 43.0 Å². The first-order valence-corrected chi connectivity index (χ1v) is 5.42. The van der Waals surface area contributed by atoms with Crippen molar-refractivity contribution in [2.75, 3.05) is 5.32 Å². The van der Waals surface area contributed by atoms with E-state index >= 15 is 0 Å². The molecular formula is C12H12N4O2. The van der Waals surface area contributed by atoms with Crippen molar-refractivity contribution in [1.82, 2.24) is 9.97 Å². The summed E-state index contributed by atoms with van der Waals surface area (Å²) in [5.74, 6) is 0. The highest BCUT2D eigenvalue weighted by molar-refractivity contribution is 5.43. The number of benzene rings is 1. The van der Waals surface area contributed by atoms with E-state index in [1.807, 2.05) is 13.0 Å². The molecule has 2 aromatic rings. The van der Waals surface area contributed by atoms with Gasteiger partial charge in [0.15, 0.2) is 0 Å². The molecular weight excluding hydrogens is 232 g/mol. The lowest BCUT2D eigenvalue weighted by Crippen LogP contribution is -2.07. The second-order valence-corrected chi connectivity index (χ2v) is 3.85. The van der Waals surface area contributed by atoms with E-state index in [0.717, 1.165) is 11.3 Å². The fraction of sp³-hybridized carbons (Fsp3) is 0.167. The Morgan fingerprint density at radius 1 is 1.33 bits per heavy atom. The fourth-order valence-electron chi connectivity index (χ4n) is 1.61. The number of hydrogen-bond donors (Lipinski definition) is 1. The molecule has 0 bridgehead atoms. The molecule has 1 aromatic heterocycles. The summed E-state index contributed by atoms with van der Waals surface area (Å²) in [6, 6.07) is 6.49. The van der Waals surface area contributed by atoms with Crippen LogP contribution < -0.4 is 5.32 Å². The fourth-order valence-corrected chi connectivity index (χ4v) is 1.61. The van der Waals surface area contributed by atoms with Crippen molar-refractivity contribution in [3.63, 3.8) is 0 Å². The normalized spacial score (nSPS) is 11.8. The Balaban J connectivity index is 2.16. The zero-order valence-electron chi connectivity index (χ0n) is 9.78. The summed E-state index contributed by atoms with van der Waals surface area (Å²) in [6.07, 6.45) is 4.75. The Morgan fingerprint density at radius 3 is 2.72 bits per heavy atom. The van der Waals surface area contributed by atoms with E-state index in [1.54, 1.807) is 24.5 Å². The lowest BCUT2D eigenvalue weighted by atomic mass is 10.1. The van der Waals surface area contributed by atoms with Crippen molar-refractivity contribution in [3.8, 4) is 0 Å². The van der Waals surface area contributed by atoms with Gasteiger partial charge in [-0.3, -0.25) is 10.1 Å². The molecule has 0 saturated heterocycles. The molecule has 1 atom stereocenters. The van der Waals surface area contributed by atoms with Crippen LogP contribution in [0.1, 0.15) is 18.5 Å². The van der Waals surface area contributed by atoms with E-state index in [-0.39, 0.29) is 11.7 Å². The molecule has 1 N–H and O–H groups in total. The predicted octanol–water partition coefficient (Wildman–Crippen LogP) is 2.56. The minimum Gasteiger partial charge on any atom is -0.376 e. The van der Waals surface area contributed by atoms with Gasteiger partial charge in [0.1, 0.15) is 6.33 Å². The topological polar surface area (TPSA) is 81.0 Å². The first-order chi connectivity index (χ1) is 8.66. The number of rotatable bonds is 4. The van der Waals surface area contributed by atoms with Crippen molar-refractivity contribution in [2.45, 2.75) is 13.0 Å². The maximum Gasteiger partial charge on any atom is 0.269 e. The Hall–Kier alpha value is -2.50. The van der Waals surface area contributed by atoms with Crippen molar-refractivity contribution >= 4 is 11.4 Å². The van der Waals surface area contributed by atoms with Gasteiger partial charge < -0.3 is 5.32 Å². The number of nitro groups is 1. The molecule has 2 rings (SSSR count). The van der Waals surface area contributed by atoms with Crippen LogP contribution in [0.25, 0.3) is 0 Å². The van der Waals surface area contributed by atoms with Crippen LogP contribution in [0, 0.1) is 10.1 Å².